The van der Waals surface area contributed by atoms with Crippen molar-refractivity contribution < 1.29 is 18.8 Å². The van der Waals surface area contributed by atoms with E-state index in [1.54, 1.807) is 7.11 Å². The lowest BCUT2D eigenvalue weighted by molar-refractivity contribution is -0.147. The second kappa shape index (κ2) is 5.54. The average Bonchev–Trinajstić information content (AvgIpc) is 2.97. The summed E-state index contributed by atoms with van der Waals surface area (Å²) in [6, 6.07) is 1.91. The summed E-state index contributed by atoms with van der Waals surface area (Å²) in [4.78, 5) is 14.1. The number of hydrogen-bond acceptors (Lipinski definition) is 5. The lowest BCUT2D eigenvalue weighted by atomic mass is 9.94. The van der Waals surface area contributed by atoms with Crippen LogP contribution in [0.3, 0.4) is 0 Å². The van der Waals surface area contributed by atoms with E-state index in [1.165, 1.54) is 0 Å². The molecule has 0 aromatic carbocycles. The average molecular weight is 280 g/mol. The lowest BCUT2D eigenvalue weighted by Crippen LogP contribution is -2.53. The first-order chi connectivity index (χ1) is 9.69. The lowest BCUT2D eigenvalue weighted by Gasteiger charge is -2.39. The Labute approximate surface area is 118 Å². The fraction of sp³-hybridized carbons (Fsp3) is 0.714. The Morgan fingerprint density at radius 1 is 1.55 bits per heavy atom. The Bertz CT molecular complexity index is 481. The van der Waals surface area contributed by atoms with Crippen LogP contribution in [0, 0.1) is 5.92 Å². The third-order valence-electron chi connectivity index (χ3n) is 4.11. The Hall–Kier alpha value is -1.40. The SMILES string of the molecule is COCc1cc(C2CN(C(=O)[C@@H]3OCC[C@@H]3C)C2)no1. The van der Waals surface area contributed by atoms with Crippen LogP contribution in [0.2, 0.25) is 0 Å². The molecule has 2 aliphatic heterocycles. The second-order valence-corrected chi connectivity index (χ2v) is 5.65. The van der Waals surface area contributed by atoms with Gasteiger partial charge in [-0.1, -0.05) is 12.1 Å². The Balaban J connectivity index is 1.54. The predicted molar refractivity (Wildman–Crippen MR) is 70.1 cm³/mol. The first-order valence-corrected chi connectivity index (χ1v) is 7.04. The predicted octanol–water partition coefficient (Wildman–Crippen LogP) is 1.17. The maximum absolute atomic E-state index is 12.3. The van der Waals surface area contributed by atoms with Crippen LogP contribution in [0.5, 0.6) is 0 Å². The molecule has 3 rings (SSSR count). The van der Waals surface area contributed by atoms with E-state index in [0.29, 0.717) is 32.2 Å². The summed E-state index contributed by atoms with van der Waals surface area (Å²) < 4.78 is 15.7. The number of carbonyl (C=O) groups excluding carboxylic acids is 1. The van der Waals surface area contributed by atoms with Crippen LogP contribution in [0.4, 0.5) is 0 Å². The molecule has 0 unspecified atom stereocenters. The summed E-state index contributed by atoms with van der Waals surface area (Å²) in [6.45, 7) is 4.59. The van der Waals surface area contributed by atoms with Gasteiger partial charge in [0.25, 0.3) is 5.91 Å². The quantitative estimate of drug-likeness (QED) is 0.828. The van der Waals surface area contributed by atoms with E-state index in [2.05, 4.69) is 12.1 Å². The minimum absolute atomic E-state index is 0.117. The number of aromatic nitrogens is 1. The monoisotopic (exact) mass is 280 g/mol. The van der Waals surface area contributed by atoms with Crippen LogP contribution in [-0.2, 0) is 20.9 Å². The fourth-order valence-electron chi connectivity index (χ4n) is 2.77. The highest BCUT2D eigenvalue weighted by atomic mass is 16.5. The van der Waals surface area contributed by atoms with Crippen molar-refractivity contribution in [2.45, 2.75) is 32.0 Å². The molecular weight excluding hydrogens is 260 g/mol. The van der Waals surface area contributed by atoms with Gasteiger partial charge in [0, 0.05) is 38.8 Å². The van der Waals surface area contributed by atoms with Gasteiger partial charge >= 0.3 is 0 Å². The van der Waals surface area contributed by atoms with Gasteiger partial charge in [-0.3, -0.25) is 4.79 Å². The molecule has 0 spiro atoms. The van der Waals surface area contributed by atoms with Crippen molar-refractivity contribution in [2.75, 3.05) is 26.8 Å². The summed E-state index contributed by atoms with van der Waals surface area (Å²) in [5.74, 6) is 1.43. The summed E-state index contributed by atoms with van der Waals surface area (Å²) in [6.07, 6.45) is 0.717. The molecule has 0 N–H and O–H groups in total. The molecule has 2 saturated heterocycles. The Kier molecular flexibility index (Phi) is 3.76. The van der Waals surface area contributed by atoms with Crippen molar-refractivity contribution in [3.8, 4) is 0 Å². The number of rotatable bonds is 4. The van der Waals surface area contributed by atoms with Gasteiger partial charge in [0.1, 0.15) is 12.7 Å². The summed E-state index contributed by atoms with van der Waals surface area (Å²) >= 11 is 0. The number of amides is 1. The minimum Gasteiger partial charge on any atom is -0.377 e. The molecular formula is C14H20N2O4. The van der Waals surface area contributed by atoms with Gasteiger partial charge in [0.05, 0.1) is 5.69 Å². The number of hydrogen-bond donors (Lipinski definition) is 0. The number of methoxy groups -OCH3 is 1. The normalized spacial score (nSPS) is 26.8. The first-order valence-electron chi connectivity index (χ1n) is 7.04. The molecule has 0 aliphatic carbocycles. The van der Waals surface area contributed by atoms with Gasteiger partial charge < -0.3 is 18.9 Å². The highest BCUT2D eigenvalue weighted by Gasteiger charge is 2.40. The van der Waals surface area contributed by atoms with Crippen molar-refractivity contribution in [1.29, 1.82) is 0 Å². The maximum atomic E-state index is 12.3. The molecule has 0 bridgehead atoms. The van der Waals surface area contributed by atoms with Gasteiger partial charge in [-0.15, -0.1) is 0 Å². The molecule has 2 atom stereocenters. The van der Waals surface area contributed by atoms with Crippen molar-refractivity contribution in [3.05, 3.63) is 17.5 Å². The van der Waals surface area contributed by atoms with Crippen molar-refractivity contribution in [3.63, 3.8) is 0 Å². The first kappa shape index (κ1) is 13.6. The molecule has 6 nitrogen and oxygen atoms in total. The molecule has 1 aromatic heterocycles. The van der Waals surface area contributed by atoms with Gasteiger partial charge in [0.15, 0.2) is 5.76 Å². The van der Waals surface area contributed by atoms with Crippen molar-refractivity contribution in [2.24, 2.45) is 5.92 Å². The van der Waals surface area contributed by atoms with Gasteiger partial charge in [-0.05, 0) is 12.3 Å². The van der Waals surface area contributed by atoms with Crippen LogP contribution in [0.25, 0.3) is 0 Å². The second-order valence-electron chi connectivity index (χ2n) is 5.65. The minimum atomic E-state index is -0.252. The maximum Gasteiger partial charge on any atom is 0.252 e. The smallest absolute Gasteiger partial charge is 0.252 e. The van der Waals surface area contributed by atoms with Crippen molar-refractivity contribution >= 4 is 5.91 Å². The van der Waals surface area contributed by atoms with E-state index in [9.17, 15) is 4.79 Å². The molecule has 2 aliphatic rings. The number of carbonyl (C=O) groups is 1. The summed E-state index contributed by atoms with van der Waals surface area (Å²) in [5.41, 5.74) is 0.904. The van der Waals surface area contributed by atoms with Gasteiger partial charge in [-0.25, -0.2) is 0 Å². The number of likely N-dealkylation sites (tertiary alicyclic amines) is 1. The van der Waals surface area contributed by atoms with Gasteiger partial charge in [0.2, 0.25) is 0 Å². The zero-order valence-electron chi connectivity index (χ0n) is 11.9. The largest absolute Gasteiger partial charge is 0.377 e. The van der Waals surface area contributed by atoms with E-state index in [0.717, 1.165) is 17.9 Å². The van der Waals surface area contributed by atoms with E-state index >= 15 is 0 Å². The number of ether oxygens (including phenoxy) is 2. The summed E-state index contributed by atoms with van der Waals surface area (Å²) in [7, 11) is 1.62. The third-order valence-corrected chi connectivity index (χ3v) is 4.11. The molecule has 6 heteroatoms. The van der Waals surface area contributed by atoms with Crippen LogP contribution >= 0.6 is 0 Å². The highest BCUT2D eigenvalue weighted by molar-refractivity contribution is 5.82. The third kappa shape index (κ3) is 2.45. The van der Waals surface area contributed by atoms with Crippen LogP contribution < -0.4 is 0 Å². The van der Waals surface area contributed by atoms with Crippen molar-refractivity contribution in [1.82, 2.24) is 10.1 Å². The van der Waals surface area contributed by atoms with E-state index in [-0.39, 0.29) is 17.9 Å². The topological polar surface area (TPSA) is 64.8 Å². The zero-order chi connectivity index (χ0) is 14.1. The molecule has 3 heterocycles. The Morgan fingerprint density at radius 2 is 2.35 bits per heavy atom. The molecule has 1 aromatic rings. The summed E-state index contributed by atoms with van der Waals surface area (Å²) in [5, 5.41) is 4.04. The molecule has 110 valence electrons. The van der Waals surface area contributed by atoms with E-state index in [4.69, 9.17) is 14.0 Å². The number of nitrogens with zero attached hydrogens (tertiary/aromatic N) is 2. The van der Waals surface area contributed by atoms with Crippen LogP contribution in [-0.4, -0.2) is 48.9 Å². The van der Waals surface area contributed by atoms with Crippen LogP contribution in [0.15, 0.2) is 10.6 Å². The van der Waals surface area contributed by atoms with Crippen LogP contribution in [0.1, 0.15) is 30.7 Å². The molecule has 20 heavy (non-hydrogen) atoms. The Morgan fingerprint density at radius 3 is 3.00 bits per heavy atom. The van der Waals surface area contributed by atoms with Gasteiger partial charge in [-0.2, -0.15) is 0 Å². The molecule has 0 saturated carbocycles. The zero-order valence-corrected chi connectivity index (χ0v) is 11.9. The highest BCUT2D eigenvalue weighted by Crippen LogP contribution is 2.30. The van der Waals surface area contributed by atoms with E-state index in [1.807, 2.05) is 11.0 Å². The molecule has 0 radical (unpaired) electrons. The van der Waals surface area contributed by atoms with E-state index < -0.39 is 0 Å². The molecule has 2 fully saturated rings. The molecule has 1 amide bonds. The fourth-order valence-corrected chi connectivity index (χ4v) is 2.77. The standard InChI is InChI=1S/C14H20N2O4/c1-9-3-4-19-13(9)14(17)16-6-10(7-16)12-5-11(8-18-2)20-15-12/h5,9-10,13H,3-4,6-8H2,1-2H3/t9-,13+/m0/s1.